The number of aliphatic hydroxyl groups is 1. The number of Topliss-reactive ketones (excluding diaryl/α,β-unsaturated/α-hetero) is 1. The number of anilines is 1. The van der Waals surface area contributed by atoms with Crippen LogP contribution in [-0.2, 0) is 21.4 Å². The van der Waals surface area contributed by atoms with E-state index in [1.54, 1.807) is 61.4 Å². The number of carbonyl (C=O) groups excluding carboxylic acids is 3. The number of nitriles is 2. The van der Waals surface area contributed by atoms with Gasteiger partial charge in [0.05, 0.1) is 66.4 Å². The lowest BCUT2D eigenvalue weighted by molar-refractivity contribution is -0.135. The minimum absolute atomic E-state index is 0.00858. The number of likely N-dealkylation sites (N-methyl/N-ethyl adjacent to an activating group) is 1. The maximum absolute atomic E-state index is 14.5. The zero-order valence-corrected chi connectivity index (χ0v) is 73.9. The number of halogens is 2. The second-order valence-electron chi connectivity index (χ2n) is 35.9. The molecule has 22 nitrogen and oxygen atoms in total. The summed E-state index contributed by atoms with van der Waals surface area (Å²) in [6, 6.07) is 52.7. The molecule has 0 radical (unpaired) electrons. The number of hydrogen-bond acceptors (Lipinski definition) is 17. The number of ketones is 1. The smallest absolute Gasteiger partial charge is 0.263 e. The van der Waals surface area contributed by atoms with Gasteiger partial charge in [-0.15, -0.1) is 5.10 Å². The van der Waals surface area contributed by atoms with E-state index in [0.717, 1.165) is 165 Å². The molecule has 0 spiro atoms. The number of fused-ring (bicyclic) bond motifs is 1. The molecule has 2 amide bonds. The molecule has 3 aliphatic heterocycles. The molecule has 3 saturated heterocycles. The van der Waals surface area contributed by atoms with Gasteiger partial charge in [-0.1, -0.05) is 110 Å². The number of aromatic nitrogens is 6. The first-order valence-corrected chi connectivity index (χ1v) is 44.7. The summed E-state index contributed by atoms with van der Waals surface area (Å²) in [7, 11) is 6.89. The number of piperazine rings is 1. The van der Waals surface area contributed by atoms with Gasteiger partial charge in [0, 0.05) is 141 Å². The number of amides is 2. The van der Waals surface area contributed by atoms with E-state index in [0.29, 0.717) is 83.8 Å². The normalized spacial score (nSPS) is 20.5. The molecule has 10 aromatic rings. The number of aryl methyl sites for hydroxylation is 2. The summed E-state index contributed by atoms with van der Waals surface area (Å²) in [4.78, 5) is 65.7. The molecule has 125 heavy (non-hydrogen) atoms. The third kappa shape index (κ3) is 21.5. The molecule has 0 unspecified atom stereocenters. The van der Waals surface area contributed by atoms with E-state index in [4.69, 9.17) is 19.7 Å². The average molecular weight is 1700 g/mol. The standard InChI is InChI=1S/C28H35N7O2.C25H24F2N4O2.C24H36N2O2.C24H26N2O/c1-33-16-18-34(19-17-33)28(37)25(8-5-13-29-26-20-24(26)21-6-3-2-4-7-21)31-27(36)22-9-11-23(12-10-22)35-15-14-30-32-35;1-15-8-10-31(11-9-15)25-29-23(17-4-5-18(14-28)19(26)13-17)22(24(32)30(25)2)16-6-7-21(33-3)20(27)12-16;1-19(27)24(9-6-10-24)17-26-13-11-23(12-14-26,18-28-2)16-25-22-15-21(22)20-7-4-3-5-8-20;1-15-5-4-6-21(17(15)3)23-14-26(19-7-9-20(27)10-8-19)24-11-16(2)18(13-25)12-22(23)24/h2-4,6-7,9-12,14-15,24-26,29H,5,8,13,16-20H2,1H3,(H,31,36);4-7,12-13,15H,8-11H2,1-3H3;3-5,7-8,21-22,25H,6,9-18H2,1-2H3;4-6,11-12,14,19-20,27H,7-10H2,1-3H3/t24-,25-,26+;;21-,22+;/m0.0./s1. The fourth-order valence-electron chi connectivity index (χ4n) is 18.8. The van der Waals surface area contributed by atoms with Crippen LogP contribution in [0.3, 0.4) is 0 Å². The third-order valence-corrected chi connectivity index (χ3v) is 27.4. The molecule has 7 aliphatic rings. The number of rotatable bonds is 25. The minimum Gasteiger partial charge on any atom is -0.494 e. The number of methoxy groups -OCH3 is 2. The summed E-state index contributed by atoms with van der Waals surface area (Å²) >= 11 is 0. The molecule has 7 aromatic carbocycles. The first-order valence-electron chi connectivity index (χ1n) is 44.7. The first-order chi connectivity index (χ1) is 60.5. The van der Waals surface area contributed by atoms with Crippen LogP contribution in [0.25, 0.3) is 50.1 Å². The molecule has 7 fully saturated rings. The van der Waals surface area contributed by atoms with Gasteiger partial charge in [-0.2, -0.15) is 10.5 Å². The van der Waals surface area contributed by atoms with Crippen molar-refractivity contribution in [2.24, 2.45) is 23.8 Å². The summed E-state index contributed by atoms with van der Waals surface area (Å²) in [5, 5.41) is 48.0. The van der Waals surface area contributed by atoms with Crippen molar-refractivity contribution in [2.75, 3.05) is 105 Å². The summed E-state index contributed by atoms with van der Waals surface area (Å²) in [5.41, 5.74) is 12.9. The van der Waals surface area contributed by atoms with E-state index in [1.807, 2.05) is 42.0 Å². The molecule has 24 heteroatoms. The summed E-state index contributed by atoms with van der Waals surface area (Å²) in [6.45, 7) is 20.7. The number of piperidine rings is 2. The molecular formula is C101H121F2N15O7. The van der Waals surface area contributed by atoms with Crippen LogP contribution in [0.2, 0.25) is 0 Å². The van der Waals surface area contributed by atoms with Gasteiger partial charge in [0.15, 0.2) is 11.6 Å². The number of ether oxygens (including phenoxy) is 2. The van der Waals surface area contributed by atoms with Crippen LogP contribution in [-0.4, -0.2) is 191 Å². The molecule has 5 atom stereocenters. The fraction of sp³-hybridized carbons (Fsp3) is 0.455. The molecule has 4 aliphatic carbocycles. The summed E-state index contributed by atoms with van der Waals surface area (Å²) < 4.78 is 45.1. The van der Waals surface area contributed by atoms with Gasteiger partial charge in [0.25, 0.3) is 11.5 Å². The Bertz CT molecular complexity index is 5520. The lowest BCUT2D eigenvalue weighted by Gasteiger charge is -2.47. The van der Waals surface area contributed by atoms with Crippen molar-refractivity contribution in [1.82, 2.24) is 59.8 Å². The van der Waals surface area contributed by atoms with Gasteiger partial charge in [0.1, 0.15) is 23.7 Å². The Morgan fingerprint density at radius 2 is 1.35 bits per heavy atom. The largest absolute Gasteiger partial charge is 0.494 e. The van der Waals surface area contributed by atoms with E-state index in [9.17, 15) is 38.3 Å². The predicted octanol–water partition coefficient (Wildman–Crippen LogP) is 15.8. The number of benzene rings is 7. The van der Waals surface area contributed by atoms with E-state index < -0.39 is 17.7 Å². The monoisotopic (exact) mass is 1690 g/mol. The van der Waals surface area contributed by atoms with Crippen LogP contribution in [0, 0.1) is 71.8 Å². The van der Waals surface area contributed by atoms with E-state index >= 15 is 0 Å². The molecular weight excluding hydrogens is 1570 g/mol. The highest BCUT2D eigenvalue weighted by atomic mass is 19.1. The van der Waals surface area contributed by atoms with Crippen molar-refractivity contribution in [3.63, 3.8) is 0 Å². The zero-order chi connectivity index (χ0) is 88.1. The van der Waals surface area contributed by atoms with Crippen molar-refractivity contribution >= 4 is 34.4 Å². The number of nitrogens with one attached hydrogen (secondary N) is 3. The SMILES string of the molecule is CN1CCN(C(=O)[C@H](CCCN[C@@H]2C[C@H]2c2ccccc2)NC(=O)c2ccc(-n3ccnn3)cc2)CC1.COCC1(CN[C@@H]2C[C@H]2c2ccccc2)CCN(CC2(C(C)=O)CCC2)CC1.COc1ccc(-c2c(-c3ccc(C#N)c(F)c3)nc(N3CCC(C)CC3)n(C)c2=O)cc1F.Cc1cc2c(cc1C#N)c(-c1cccc(C)c1C)cn2C1CCC(O)CC1. The number of carbonyl (C=O) groups is 3. The topological polar surface area (TPSA) is 257 Å². The van der Waals surface area contributed by atoms with Crippen LogP contribution in [0.15, 0.2) is 175 Å². The molecule has 4 saturated carbocycles. The van der Waals surface area contributed by atoms with E-state index in [2.05, 4.69) is 166 Å². The second-order valence-corrected chi connectivity index (χ2v) is 35.9. The van der Waals surface area contributed by atoms with Gasteiger partial charge >= 0.3 is 0 Å². The molecule has 4 N–H and O–H groups in total. The van der Waals surface area contributed by atoms with Crippen LogP contribution < -0.4 is 31.1 Å². The van der Waals surface area contributed by atoms with Crippen LogP contribution in [0.4, 0.5) is 14.7 Å². The molecule has 0 bridgehead atoms. The summed E-state index contributed by atoms with van der Waals surface area (Å²) in [6.07, 6.45) is 20.7. The molecule has 6 heterocycles. The van der Waals surface area contributed by atoms with Crippen molar-refractivity contribution in [3.05, 3.63) is 237 Å². The Hall–Kier alpha value is -11.1. The first kappa shape index (κ1) is 90.2. The number of hydrogen-bond donors (Lipinski definition) is 4. The Balaban J connectivity index is 0.000000136. The lowest BCUT2D eigenvalue weighted by atomic mass is 9.65. The Kier molecular flexibility index (Phi) is 29.5. The Morgan fingerprint density at radius 1 is 0.696 bits per heavy atom. The van der Waals surface area contributed by atoms with Gasteiger partial charge in [-0.3, -0.25) is 23.7 Å². The Morgan fingerprint density at radius 3 is 1.95 bits per heavy atom. The third-order valence-electron chi connectivity index (χ3n) is 27.4. The number of nitrogens with zero attached hydrogens (tertiary/aromatic N) is 12. The highest BCUT2D eigenvalue weighted by molar-refractivity contribution is 5.99. The van der Waals surface area contributed by atoms with E-state index in [-0.39, 0.29) is 56.9 Å². The number of aliphatic hydroxyl groups excluding tert-OH is 1. The Labute approximate surface area is 733 Å². The van der Waals surface area contributed by atoms with E-state index in [1.165, 1.54) is 87.7 Å². The summed E-state index contributed by atoms with van der Waals surface area (Å²) in [5.74, 6) is 1.20. The highest BCUT2D eigenvalue weighted by Crippen LogP contribution is 2.47. The quantitative estimate of drug-likeness (QED) is 0.0388. The van der Waals surface area contributed by atoms with Gasteiger partial charge < -0.3 is 54.7 Å². The van der Waals surface area contributed by atoms with Gasteiger partial charge in [-0.25, -0.2) is 18.4 Å². The molecule has 17 rings (SSSR count). The van der Waals surface area contributed by atoms with Crippen LogP contribution in [0.1, 0.15) is 177 Å². The molecule has 656 valence electrons. The van der Waals surface area contributed by atoms with Crippen molar-refractivity contribution in [3.8, 4) is 57.1 Å². The maximum atomic E-state index is 14.5. The van der Waals surface area contributed by atoms with Crippen LogP contribution in [0.5, 0.6) is 5.75 Å². The average Bonchev–Trinajstić information content (AvgIpc) is 1.73. The van der Waals surface area contributed by atoms with Crippen LogP contribution >= 0.6 is 0 Å². The van der Waals surface area contributed by atoms with Gasteiger partial charge in [0.2, 0.25) is 11.9 Å². The van der Waals surface area contributed by atoms with Crippen molar-refractivity contribution < 1.29 is 37.7 Å². The fourth-order valence-corrected chi connectivity index (χ4v) is 18.8. The molecule has 3 aromatic heterocycles. The predicted molar refractivity (Wildman–Crippen MR) is 486 cm³/mol. The number of likely N-dealkylation sites (tertiary alicyclic amines) is 1. The minimum atomic E-state index is -0.710. The second kappa shape index (κ2) is 40.9. The lowest BCUT2D eigenvalue weighted by Crippen LogP contribution is -2.54. The zero-order valence-electron chi connectivity index (χ0n) is 73.9. The highest BCUT2D eigenvalue weighted by Gasteiger charge is 2.46. The maximum Gasteiger partial charge on any atom is 0.263 e. The van der Waals surface area contributed by atoms with Crippen molar-refractivity contribution in [2.45, 2.75) is 173 Å². The van der Waals surface area contributed by atoms with Gasteiger partial charge in [-0.05, 0) is 250 Å². The van der Waals surface area contributed by atoms with Crippen molar-refractivity contribution in [1.29, 1.82) is 10.5 Å².